The van der Waals surface area contributed by atoms with Gasteiger partial charge in [0.25, 0.3) is 0 Å². The van der Waals surface area contributed by atoms with E-state index in [4.69, 9.17) is 16.3 Å². The molecule has 23 heavy (non-hydrogen) atoms. The Kier molecular flexibility index (Phi) is 4.32. The van der Waals surface area contributed by atoms with Crippen LogP contribution in [0.15, 0.2) is 48.8 Å². The normalized spacial score (nSPS) is 22.7. The number of sulfone groups is 1. The summed E-state index contributed by atoms with van der Waals surface area (Å²) in [5.41, 5.74) is 0.936. The van der Waals surface area contributed by atoms with Gasteiger partial charge in [0.2, 0.25) is 0 Å². The van der Waals surface area contributed by atoms with Crippen molar-refractivity contribution in [1.82, 2.24) is 9.88 Å². The van der Waals surface area contributed by atoms with Crippen molar-refractivity contribution in [2.45, 2.75) is 11.4 Å². The zero-order chi connectivity index (χ0) is 16.4. The lowest BCUT2D eigenvalue weighted by Crippen LogP contribution is -2.42. The Morgan fingerprint density at radius 2 is 1.83 bits per heavy atom. The highest BCUT2D eigenvalue weighted by Crippen LogP contribution is 2.19. The molecule has 0 aliphatic carbocycles. The molecule has 2 atom stereocenters. The molecular weight excluding hydrogens is 340 g/mol. The third kappa shape index (κ3) is 3.86. The van der Waals surface area contributed by atoms with Crippen molar-refractivity contribution < 1.29 is 17.9 Å². The van der Waals surface area contributed by atoms with Gasteiger partial charge in [0.1, 0.15) is 5.75 Å². The van der Waals surface area contributed by atoms with E-state index in [-0.39, 0.29) is 11.5 Å². The van der Waals surface area contributed by atoms with E-state index < -0.39 is 27.3 Å². The Labute approximate surface area is 138 Å². The highest BCUT2D eigenvalue weighted by molar-refractivity contribution is 7.91. The van der Waals surface area contributed by atoms with E-state index >= 15 is 0 Å². The van der Waals surface area contributed by atoms with E-state index in [0.717, 1.165) is 5.69 Å². The van der Waals surface area contributed by atoms with Gasteiger partial charge in [0, 0.05) is 18.1 Å². The monoisotopic (exact) mass is 354 g/mol. The number of carbonyl (C=O) groups is 1. The fourth-order valence-corrected chi connectivity index (χ4v) is 4.97. The molecule has 1 amide bonds. The third-order valence-electron chi connectivity index (χ3n) is 3.54. The number of halogens is 1. The predicted molar refractivity (Wildman–Crippen MR) is 87.0 cm³/mol. The quantitative estimate of drug-likeness (QED) is 0.855. The molecule has 1 aromatic carbocycles. The van der Waals surface area contributed by atoms with E-state index in [9.17, 15) is 13.2 Å². The molecule has 1 aliphatic rings. The number of nitrogens with zero attached hydrogens (tertiary/aromatic N) is 1. The number of rotatable bonds is 3. The fraction of sp³-hybridized carbons (Fsp3) is 0.267. The lowest BCUT2D eigenvalue weighted by atomic mass is 10.2. The molecule has 0 saturated carbocycles. The van der Waals surface area contributed by atoms with Crippen LogP contribution in [-0.2, 0) is 9.84 Å². The Bertz CT molecular complexity index is 787. The van der Waals surface area contributed by atoms with Crippen LogP contribution in [0.3, 0.4) is 0 Å². The van der Waals surface area contributed by atoms with Crippen molar-refractivity contribution in [3.63, 3.8) is 0 Å². The van der Waals surface area contributed by atoms with Gasteiger partial charge in [-0.3, -0.25) is 0 Å². The van der Waals surface area contributed by atoms with Gasteiger partial charge in [0.05, 0.1) is 22.9 Å². The van der Waals surface area contributed by atoms with Crippen molar-refractivity contribution in [3.8, 4) is 11.4 Å². The van der Waals surface area contributed by atoms with Gasteiger partial charge in [0.15, 0.2) is 9.84 Å². The first-order valence-electron chi connectivity index (χ1n) is 6.99. The standard InChI is InChI=1S/C15H15ClN2O4S/c16-13-9-23(20,21)10-14(13)17-15(19)22-12-5-3-11(4-6-12)18-7-1-2-8-18/h1-8,13-14H,9-10H2,(H,17,19)/t13-,14+/m0/s1. The molecule has 2 heterocycles. The van der Waals surface area contributed by atoms with E-state index in [2.05, 4.69) is 5.32 Å². The lowest BCUT2D eigenvalue weighted by Gasteiger charge is -2.14. The van der Waals surface area contributed by atoms with Crippen LogP contribution in [0, 0.1) is 0 Å². The number of carbonyl (C=O) groups excluding carboxylic acids is 1. The number of hydrogen-bond donors (Lipinski definition) is 1. The van der Waals surface area contributed by atoms with Crippen molar-refractivity contribution in [1.29, 1.82) is 0 Å². The maximum Gasteiger partial charge on any atom is 0.412 e. The van der Waals surface area contributed by atoms with Crippen molar-refractivity contribution in [2.24, 2.45) is 0 Å². The molecule has 6 nitrogen and oxygen atoms in total. The number of aromatic nitrogens is 1. The number of amides is 1. The van der Waals surface area contributed by atoms with Gasteiger partial charge in [-0.25, -0.2) is 13.2 Å². The smallest absolute Gasteiger partial charge is 0.410 e. The van der Waals surface area contributed by atoms with Crippen LogP contribution in [0.25, 0.3) is 5.69 Å². The Morgan fingerprint density at radius 1 is 1.17 bits per heavy atom. The second kappa shape index (κ2) is 6.25. The first-order chi connectivity index (χ1) is 10.9. The number of ether oxygens (including phenoxy) is 1. The van der Waals surface area contributed by atoms with Gasteiger partial charge in [-0.05, 0) is 36.4 Å². The first kappa shape index (κ1) is 15.9. The number of nitrogens with one attached hydrogen (secondary N) is 1. The highest BCUT2D eigenvalue weighted by Gasteiger charge is 2.37. The molecule has 1 aliphatic heterocycles. The van der Waals surface area contributed by atoms with Crippen molar-refractivity contribution in [2.75, 3.05) is 11.5 Å². The summed E-state index contributed by atoms with van der Waals surface area (Å²) in [6.45, 7) is 0. The average Bonchev–Trinajstić information content (AvgIpc) is 3.08. The lowest BCUT2D eigenvalue weighted by molar-refractivity contribution is 0.197. The van der Waals surface area contributed by atoms with E-state index in [1.165, 1.54) is 0 Å². The SMILES string of the molecule is O=C(N[C@@H]1CS(=O)(=O)C[C@@H]1Cl)Oc1ccc(-n2cccc2)cc1. The van der Waals surface area contributed by atoms with Crippen molar-refractivity contribution >= 4 is 27.5 Å². The van der Waals surface area contributed by atoms with E-state index in [0.29, 0.717) is 5.75 Å². The maximum atomic E-state index is 11.8. The summed E-state index contributed by atoms with van der Waals surface area (Å²) in [5.74, 6) is 0.0684. The molecule has 0 unspecified atom stereocenters. The first-order valence-corrected chi connectivity index (χ1v) is 9.25. The number of hydrogen-bond acceptors (Lipinski definition) is 4. The van der Waals surface area contributed by atoms with Crippen molar-refractivity contribution in [3.05, 3.63) is 48.8 Å². The topological polar surface area (TPSA) is 77.4 Å². The molecule has 8 heteroatoms. The summed E-state index contributed by atoms with van der Waals surface area (Å²) in [6, 6.07) is 10.1. The molecule has 1 N–H and O–H groups in total. The summed E-state index contributed by atoms with van der Waals surface area (Å²) in [5, 5.41) is 1.86. The Morgan fingerprint density at radius 3 is 2.39 bits per heavy atom. The van der Waals surface area contributed by atoms with Crippen LogP contribution in [0.2, 0.25) is 0 Å². The highest BCUT2D eigenvalue weighted by atomic mass is 35.5. The van der Waals surface area contributed by atoms with E-state index in [1.54, 1.807) is 12.1 Å². The predicted octanol–water partition coefficient (Wildman–Crippen LogP) is 1.97. The number of alkyl halides is 1. The molecular formula is C15H15ClN2O4S. The molecule has 122 valence electrons. The average molecular weight is 355 g/mol. The summed E-state index contributed by atoms with van der Waals surface area (Å²) < 4.78 is 30.0. The van der Waals surface area contributed by atoms with Gasteiger partial charge in [-0.15, -0.1) is 11.6 Å². The molecule has 3 rings (SSSR count). The van der Waals surface area contributed by atoms with E-state index in [1.807, 2.05) is 41.2 Å². The maximum absolute atomic E-state index is 11.8. The molecule has 0 spiro atoms. The summed E-state index contributed by atoms with van der Waals surface area (Å²) >= 11 is 5.94. The summed E-state index contributed by atoms with van der Waals surface area (Å²) in [4.78, 5) is 11.8. The minimum absolute atomic E-state index is 0.134. The minimum atomic E-state index is -3.20. The van der Waals surface area contributed by atoms with Crippen LogP contribution in [0.4, 0.5) is 4.79 Å². The molecule has 0 radical (unpaired) electrons. The van der Waals surface area contributed by atoms with Gasteiger partial charge >= 0.3 is 6.09 Å². The molecule has 1 fully saturated rings. The van der Waals surface area contributed by atoms with Gasteiger partial charge < -0.3 is 14.6 Å². The van der Waals surface area contributed by atoms with Gasteiger partial charge in [-0.1, -0.05) is 0 Å². The minimum Gasteiger partial charge on any atom is -0.410 e. The molecule has 1 aromatic heterocycles. The molecule has 0 bridgehead atoms. The second-order valence-electron chi connectivity index (χ2n) is 5.32. The Hall–Kier alpha value is -1.99. The van der Waals surface area contributed by atoms with Crippen LogP contribution < -0.4 is 10.1 Å². The summed E-state index contributed by atoms with van der Waals surface area (Å²) in [7, 11) is -3.20. The van der Waals surface area contributed by atoms with Crippen LogP contribution >= 0.6 is 11.6 Å². The van der Waals surface area contributed by atoms with Crippen LogP contribution in [0.5, 0.6) is 5.75 Å². The molecule has 2 aromatic rings. The third-order valence-corrected chi connectivity index (χ3v) is 5.91. The second-order valence-corrected chi connectivity index (χ2v) is 8.03. The fourth-order valence-electron chi connectivity index (χ4n) is 2.42. The number of benzene rings is 1. The largest absolute Gasteiger partial charge is 0.412 e. The zero-order valence-corrected chi connectivity index (χ0v) is 13.6. The van der Waals surface area contributed by atoms with Crippen LogP contribution in [0.1, 0.15) is 0 Å². The van der Waals surface area contributed by atoms with Crippen LogP contribution in [-0.4, -0.2) is 42.0 Å². The summed E-state index contributed by atoms with van der Waals surface area (Å²) in [6.07, 6.45) is 3.10. The Balaban J connectivity index is 1.60. The molecule has 1 saturated heterocycles. The van der Waals surface area contributed by atoms with Gasteiger partial charge in [-0.2, -0.15) is 0 Å². The zero-order valence-electron chi connectivity index (χ0n) is 12.1.